The summed E-state index contributed by atoms with van der Waals surface area (Å²) in [4.78, 5) is 21.3. The Morgan fingerprint density at radius 1 is 1.21 bits per heavy atom. The summed E-state index contributed by atoms with van der Waals surface area (Å²) in [5.41, 5.74) is 1.22. The number of aromatic amines is 1. The normalized spacial score (nSPS) is 14.7. The molecule has 24 heavy (non-hydrogen) atoms. The zero-order valence-corrected chi connectivity index (χ0v) is 13.3. The van der Waals surface area contributed by atoms with E-state index in [9.17, 15) is 18.0 Å². The molecule has 4 nitrogen and oxygen atoms in total. The minimum atomic E-state index is -1.20. The molecular weight excluding hydrogens is 319 g/mol. The van der Waals surface area contributed by atoms with E-state index in [-0.39, 0.29) is 17.7 Å². The van der Waals surface area contributed by atoms with Crippen molar-refractivity contribution in [3.05, 3.63) is 62.6 Å². The van der Waals surface area contributed by atoms with Gasteiger partial charge >= 0.3 is 0 Å². The average Bonchev–Trinajstić information content (AvgIpc) is 2.53. The van der Waals surface area contributed by atoms with Crippen molar-refractivity contribution in [2.45, 2.75) is 39.3 Å². The van der Waals surface area contributed by atoms with Crippen molar-refractivity contribution in [3.8, 4) is 0 Å². The van der Waals surface area contributed by atoms with Crippen LogP contribution in [0.2, 0.25) is 0 Å². The number of aromatic nitrogens is 2. The van der Waals surface area contributed by atoms with E-state index in [4.69, 9.17) is 0 Å². The largest absolute Gasteiger partial charge is 0.310 e. The van der Waals surface area contributed by atoms with Crippen LogP contribution in [0.3, 0.4) is 0 Å². The van der Waals surface area contributed by atoms with Crippen LogP contribution in [0.25, 0.3) is 0 Å². The van der Waals surface area contributed by atoms with E-state index in [2.05, 4.69) is 9.97 Å². The third-order valence-electron chi connectivity index (χ3n) is 4.17. The molecule has 3 rings (SSSR count). The molecule has 1 aromatic heterocycles. The number of benzene rings is 1. The summed E-state index contributed by atoms with van der Waals surface area (Å²) in [6.07, 6.45) is 2.18. The molecule has 2 heterocycles. The highest BCUT2D eigenvalue weighted by Crippen LogP contribution is 2.20. The molecule has 0 atom stereocenters. The first-order valence-electron chi connectivity index (χ1n) is 7.94. The summed E-state index contributed by atoms with van der Waals surface area (Å²) in [5, 5.41) is 0. The Kier molecular flexibility index (Phi) is 4.71. The van der Waals surface area contributed by atoms with Gasteiger partial charge in [0, 0.05) is 44.1 Å². The van der Waals surface area contributed by atoms with E-state index >= 15 is 0 Å². The van der Waals surface area contributed by atoms with E-state index in [0.29, 0.717) is 43.4 Å². The molecule has 0 unspecified atom stereocenters. The van der Waals surface area contributed by atoms with Gasteiger partial charge in [-0.25, -0.2) is 18.2 Å². The van der Waals surface area contributed by atoms with Crippen LogP contribution in [0, 0.1) is 17.5 Å². The highest BCUT2D eigenvalue weighted by molar-refractivity contribution is 5.23. The van der Waals surface area contributed by atoms with Gasteiger partial charge < -0.3 is 4.98 Å². The fourth-order valence-corrected chi connectivity index (χ4v) is 2.95. The van der Waals surface area contributed by atoms with E-state index < -0.39 is 17.5 Å². The van der Waals surface area contributed by atoms with Gasteiger partial charge in [-0.05, 0) is 12.5 Å². The molecule has 1 aliphatic heterocycles. The van der Waals surface area contributed by atoms with Gasteiger partial charge in [0.15, 0.2) is 11.6 Å². The molecule has 0 saturated carbocycles. The van der Waals surface area contributed by atoms with Crippen molar-refractivity contribution < 1.29 is 13.2 Å². The van der Waals surface area contributed by atoms with Gasteiger partial charge in [0.25, 0.3) is 5.56 Å². The summed E-state index contributed by atoms with van der Waals surface area (Å²) >= 11 is 0. The Morgan fingerprint density at radius 2 is 1.96 bits per heavy atom. The summed E-state index contributed by atoms with van der Waals surface area (Å²) in [6.45, 7) is 3.01. The molecule has 7 heteroatoms. The first-order valence-corrected chi connectivity index (χ1v) is 7.94. The fourth-order valence-electron chi connectivity index (χ4n) is 2.95. The van der Waals surface area contributed by atoms with Gasteiger partial charge in [-0.2, -0.15) is 0 Å². The summed E-state index contributed by atoms with van der Waals surface area (Å²) in [7, 11) is 0. The highest BCUT2D eigenvalue weighted by atomic mass is 19.2. The Labute approximate surface area is 137 Å². The topological polar surface area (TPSA) is 49.0 Å². The first kappa shape index (κ1) is 16.7. The molecular formula is C17H18F3N3O. The van der Waals surface area contributed by atoms with Crippen molar-refractivity contribution in [1.29, 1.82) is 0 Å². The van der Waals surface area contributed by atoms with E-state index in [1.54, 1.807) is 0 Å². The lowest BCUT2D eigenvalue weighted by atomic mass is 10.1. The second kappa shape index (κ2) is 6.76. The van der Waals surface area contributed by atoms with Crippen molar-refractivity contribution in [3.63, 3.8) is 0 Å². The van der Waals surface area contributed by atoms with Crippen molar-refractivity contribution >= 4 is 0 Å². The molecule has 2 aromatic rings. The summed E-state index contributed by atoms with van der Waals surface area (Å²) in [5.74, 6) is -2.39. The van der Waals surface area contributed by atoms with Gasteiger partial charge in [0.1, 0.15) is 11.6 Å². The monoisotopic (exact) mass is 337 g/mol. The third kappa shape index (κ3) is 3.36. The Bertz CT molecular complexity index is 819. The number of aryl methyl sites for hydroxylation is 1. The number of nitrogens with zero attached hydrogens (tertiary/aromatic N) is 2. The van der Waals surface area contributed by atoms with Gasteiger partial charge in [0.2, 0.25) is 0 Å². The number of hydrogen-bond acceptors (Lipinski definition) is 3. The molecule has 0 radical (unpaired) electrons. The molecule has 0 aliphatic carbocycles. The molecule has 1 aliphatic rings. The number of halogens is 3. The third-order valence-corrected chi connectivity index (χ3v) is 4.17. The molecule has 0 bridgehead atoms. The summed E-state index contributed by atoms with van der Waals surface area (Å²) < 4.78 is 40.1. The molecule has 0 saturated heterocycles. The second-order valence-corrected chi connectivity index (χ2v) is 6.01. The van der Waals surface area contributed by atoms with Gasteiger partial charge in [0.05, 0.1) is 11.3 Å². The fraction of sp³-hybridized carbons (Fsp3) is 0.412. The van der Waals surface area contributed by atoms with Crippen LogP contribution >= 0.6 is 0 Å². The molecule has 1 aromatic carbocycles. The Balaban J connectivity index is 1.81. The van der Waals surface area contributed by atoms with Crippen LogP contribution in [0.4, 0.5) is 13.2 Å². The minimum absolute atomic E-state index is 0.0735. The van der Waals surface area contributed by atoms with E-state index in [1.165, 1.54) is 0 Å². The standard InChI is InChI=1S/C17H18F3N3O/c1-2-3-16-21-15-4-5-23(9-11(15)17(24)22-16)8-10-6-13(19)14(20)7-12(10)18/h6-7H,2-5,8-9H2,1H3,(H,21,22,24). The van der Waals surface area contributed by atoms with E-state index in [0.717, 1.165) is 18.2 Å². The maximum Gasteiger partial charge on any atom is 0.255 e. The van der Waals surface area contributed by atoms with Crippen LogP contribution in [-0.4, -0.2) is 21.4 Å². The zero-order chi connectivity index (χ0) is 17.3. The van der Waals surface area contributed by atoms with Gasteiger partial charge in [-0.15, -0.1) is 0 Å². The first-order chi connectivity index (χ1) is 11.5. The smallest absolute Gasteiger partial charge is 0.255 e. The van der Waals surface area contributed by atoms with Crippen LogP contribution in [0.1, 0.15) is 36.0 Å². The van der Waals surface area contributed by atoms with E-state index in [1.807, 2.05) is 11.8 Å². The lowest BCUT2D eigenvalue weighted by Crippen LogP contribution is -2.36. The highest BCUT2D eigenvalue weighted by Gasteiger charge is 2.22. The van der Waals surface area contributed by atoms with Gasteiger partial charge in [-0.3, -0.25) is 9.69 Å². The predicted octanol–water partition coefficient (Wildman–Crippen LogP) is 2.70. The zero-order valence-electron chi connectivity index (χ0n) is 13.3. The maximum absolute atomic E-state index is 13.8. The number of hydrogen-bond donors (Lipinski definition) is 1. The van der Waals surface area contributed by atoms with Crippen LogP contribution in [0.5, 0.6) is 0 Å². The Morgan fingerprint density at radius 3 is 2.71 bits per heavy atom. The van der Waals surface area contributed by atoms with Crippen molar-refractivity contribution in [2.24, 2.45) is 0 Å². The number of H-pyrrole nitrogens is 1. The molecule has 0 fully saturated rings. The van der Waals surface area contributed by atoms with Crippen LogP contribution in [-0.2, 0) is 25.9 Å². The van der Waals surface area contributed by atoms with Crippen LogP contribution < -0.4 is 5.56 Å². The van der Waals surface area contributed by atoms with Gasteiger partial charge in [-0.1, -0.05) is 6.92 Å². The lowest BCUT2D eigenvalue weighted by molar-refractivity contribution is 0.237. The van der Waals surface area contributed by atoms with Crippen molar-refractivity contribution in [2.75, 3.05) is 6.54 Å². The van der Waals surface area contributed by atoms with Crippen molar-refractivity contribution in [1.82, 2.24) is 14.9 Å². The SMILES string of the molecule is CCCc1nc2c(c(=O)[nH]1)CN(Cc1cc(F)c(F)cc1F)CC2. The summed E-state index contributed by atoms with van der Waals surface area (Å²) in [6, 6.07) is 1.42. The molecule has 1 N–H and O–H groups in total. The number of rotatable bonds is 4. The molecule has 128 valence electrons. The quantitative estimate of drug-likeness (QED) is 0.873. The number of nitrogens with one attached hydrogen (secondary N) is 1. The molecule has 0 spiro atoms. The lowest BCUT2D eigenvalue weighted by Gasteiger charge is -2.27. The predicted molar refractivity (Wildman–Crippen MR) is 83.0 cm³/mol. The number of fused-ring (bicyclic) bond motifs is 1. The van der Waals surface area contributed by atoms with Crippen LogP contribution in [0.15, 0.2) is 16.9 Å². The molecule has 0 amide bonds. The Hall–Kier alpha value is -2.15. The minimum Gasteiger partial charge on any atom is -0.310 e. The average molecular weight is 337 g/mol. The maximum atomic E-state index is 13.8. The second-order valence-electron chi connectivity index (χ2n) is 6.01.